The van der Waals surface area contributed by atoms with Gasteiger partial charge in [0.2, 0.25) is 11.8 Å². The first-order valence-corrected chi connectivity index (χ1v) is 13.9. The van der Waals surface area contributed by atoms with Crippen molar-refractivity contribution in [1.82, 2.24) is 34.9 Å². The largest absolute Gasteiger partial charge is 0.462 e. The number of benzene rings is 1. The van der Waals surface area contributed by atoms with E-state index in [1.807, 2.05) is 7.05 Å². The topological polar surface area (TPSA) is 122 Å². The highest BCUT2D eigenvalue weighted by Gasteiger charge is 2.31. The number of likely N-dealkylation sites (tertiary alicyclic amines) is 1. The van der Waals surface area contributed by atoms with E-state index in [-0.39, 0.29) is 40.7 Å². The number of pyridine rings is 1. The lowest BCUT2D eigenvalue weighted by Crippen LogP contribution is -2.48. The van der Waals surface area contributed by atoms with Crippen LogP contribution >= 0.6 is 11.6 Å². The summed E-state index contributed by atoms with van der Waals surface area (Å²) in [4.78, 5) is 32.1. The molecule has 6 rings (SSSR count). The van der Waals surface area contributed by atoms with Gasteiger partial charge in [0.15, 0.2) is 5.75 Å². The molecule has 0 radical (unpaired) electrons. The summed E-state index contributed by atoms with van der Waals surface area (Å²) in [5.41, 5.74) is 0.794. The summed E-state index contributed by atoms with van der Waals surface area (Å²) in [5.74, 6) is 0.0108. The Morgan fingerprint density at radius 1 is 1.26 bits per heavy atom. The van der Waals surface area contributed by atoms with Crippen molar-refractivity contribution in [1.29, 1.82) is 0 Å². The molecule has 12 nitrogen and oxygen atoms in total. The molecule has 4 aromatic rings. The van der Waals surface area contributed by atoms with Crippen molar-refractivity contribution < 1.29 is 23.4 Å². The van der Waals surface area contributed by atoms with Crippen molar-refractivity contribution in [3.63, 3.8) is 0 Å². The van der Waals surface area contributed by atoms with Crippen molar-refractivity contribution in [3.8, 4) is 17.6 Å². The highest BCUT2D eigenvalue weighted by molar-refractivity contribution is 6.33. The SMILES string of the molecule is C=CC(=O)N1CCN(c2nc(OC[C@@H]3C[C@@H](OC)CN3C)nc3c(Oc4c(Cl)c(F)cc5[nH]ncc45)nccc23)CC1. The number of aromatic amines is 1. The van der Waals surface area contributed by atoms with Crippen LogP contribution in [0.2, 0.25) is 5.02 Å². The van der Waals surface area contributed by atoms with Gasteiger partial charge in [-0.05, 0) is 25.6 Å². The maximum Gasteiger partial charge on any atom is 0.319 e. The van der Waals surface area contributed by atoms with Gasteiger partial charge in [-0.15, -0.1) is 0 Å². The standard InChI is InChI=1S/C28H30ClFN8O4/c1-4-22(39)37-7-9-38(10-8-37)26-18-5-6-31-27(42-25-19-13-32-35-21(19)12-20(30)23(25)29)24(18)33-28(34-26)41-15-16-11-17(40-3)14-36(16)2/h4-6,12-13,16-17H,1,7-11,14-15H2,2-3H3,(H,32,35)/t16-,17+/m0/s1. The number of amides is 1. The molecule has 2 fully saturated rings. The number of anilines is 1. The number of fused-ring (bicyclic) bond motifs is 2. The fourth-order valence-corrected chi connectivity index (χ4v) is 5.60. The number of nitrogens with zero attached hydrogens (tertiary/aromatic N) is 7. The van der Waals surface area contributed by atoms with Gasteiger partial charge in [-0.2, -0.15) is 15.1 Å². The highest BCUT2D eigenvalue weighted by atomic mass is 35.5. The van der Waals surface area contributed by atoms with Gasteiger partial charge < -0.3 is 24.0 Å². The number of aromatic nitrogens is 5. The normalized spacial score (nSPS) is 19.5. The Kier molecular flexibility index (Phi) is 7.80. The summed E-state index contributed by atoms with van der Waals surface area (Å²) in [6, 6.07) is 3.31. The maximum absolute atomic E-state index is 14.6. The number of nitrogens with one attached hydrogen (secondary N) is 1. The second kappa shape index (κ2) is 11.7. The minimum atomic E-state index is -0.662. The van der Waals surface area contributed by atoms with E-state index in [9.17, 15) is 9.18 Å². The summed E-state index contributed by atoms with van der Waals surface area (Å²) in [6.45, 7) is 6.83. The molecule has 0 bridgehead atoms. The summed E-state index contributed by atoms with van der Waals surface area (Å²) in [7, 11) is 3.73. The molecular formula is C28H30ClFN8O4. The molecule has 2 atom stereocenters. The summed E-state index contributed by atoms with van der Waals surface area (Å²) >= 11 is 6.34. The Balaban J connectivity index is 1.38. The molecule has 42 heavy (non-hydrogen) atoms. The van der Waals surface area contributed by atoms with Crippen LogP contribution in [0.3, 0.4) is 0 Å². The van der Waals surface area contributed by atoms with Crippen LogP contribution in [0.5, 0.6) is 17.6 Å². The Bertz CT molecular complexity index is 1640. The number of likely N-dealkylation sites (N-methyl/N-ethyl adjacent to an activating group) is 1. The molecule has 2 saturated heterocycles. The molecule has 0 unspecified atom stereocenters. The number of H-pyrrole nitrogens is 1. The molecule has 3 aromatic heterocycles. The first-order valence-electron chi connectivity index (χ1n) is 13.5. The van der Waals surface area contributed by atoms with Crippen LogP contribution in [-0.4, -0.2) is 106 Å². The number of carbonyl (C=O) groups excluding carboxylic acids is 1. The van der Waals surface area contributed by atoms with Crippen LogP contribution in [0.4, 0.5) is 10.2 Å². The Labute approximate surface area is 246 Å². The first-order chi connectivity index (χ1) is 20.4. The van der Waals surface area contributed by atoms with Gasteiger partial charge in [0.1, 0.15) is 28.8 Å². The van der Waals surface area contributed by atoms with E-state index in [1.165, 1.54) is 18.3 Å². The number of methoxy groups -OCH3 is 1. The third-order valence-corrected chi connectivity index (χ3v) is 8.14. The van der Waals surface area contributed by atoms with Gasteiger partial charge in [0, 0.05) is 58.1 Å². The molecule has 14 heteroatoms. The van der Waals surface area contributed by atoms with Crippen molar-refractivity contribution in [2.45, 2.75) is 18.6 Å². The maximum atomic E-state index is 14.6. The van der Waals surface area contributed by atoms with Crippen molar-refractivity contribution in [2.24, 2.45) is 0 Å². The molecular weight excluding hydrogens is 567 g/mol. The minimum absolute atomic E-state index is 0.0674. The Morgan fingerprint density at radius 2 is 2.07 bits per heavy atom. The Hall–Kier alpha value is -4.07. The predicted octanol–water partition coefficient (Wildman–Crippen LogP) is 3.42. The van der Waals surface area contributed by atoms with E-state index in [4.69, 9.17) is 35.8 Å². The molecule has 2 aliphatic rings. The molecule has 0 saturated carbocycles. The fourth-order valence-electron chi connectivity index (χ4n) is 5.41. The summed E-state index contributed by atoms with van der Waals surface area (Å²) < 4.78 is 32.5. The first kappa shape index (κ1) is 28.1. The predicted molar refractivity (Wildman–Crippen MR) is 155 cm³/mol. The van der Waals surface area contributed by atoms with E-state index < -0.39 is 5.82 Å². The molecule has 1 aromatic carbocycles. The highest BCUT2D eigenvalue weighted by Crippen LogP contribution is 2.40. The van der Waals surface area contributed by atoms with Crippen LogP contribution in [0.15, 0.2) is 37.2 Å². The Morgan fingerprint density at radius 3 is 2.81 bits per heavy atom. The van der Waals surface area contributed by atoms with Crippen LogP contribution in [0.1, 0.15) is 6.42 Å². The number of piperazine rings is 1. The lowest BCUT2D eigenvalue weighted by Gasteiger charge is -2.35. The van der Waals surface area contributed by atoms with Gasteiger partial charge in [-0.25, -0.2) is 9.37 Å². The van der Waals surface area contributed by atoms with Crippen molar-refractivity contribution >= 4 is 45.1 Å². The van der Waals surface area contributed by atoms with E-state index in [1.54, 1.807) is 24.3 Å². The number of rotatable bonds is 8. The smallest absolute Gasteiger partial charge is 0.319 e. The average molecular weight is 597 g/mol. The molecule has 0 aliphatic carbocycles. The zero-order valence-electron chi connectivity index (χ0n) is 23.2. The number of hydrogen-bond acceptors (Lipinski definition) is 10. The van der Waals surface area contributed by atoms with Crippen LogP contribution in [-0.2, 0) is 9.53 Å². The zero-order chi connectivity index (χ0) is 29.4. The van der Waals surface area contributed by atoms with E-state index >= 15 is 0 Å². The van der Waals surface area contributed by atoms with Gasteiger partial charge >= 0.3 is 6.01 Å². The van der Waals surface area contributed by atoms with Crippen LogP contribution < -0.4 is 14.4 Å². The third-order valence-electron chi connectivity index (χ3n) is 7.79. The lowest BCUT2D eigenvalue weighted by molar-refractivity contribution is -0.126. The molecule has 1 N–H and O–H groups in total. The minimum Gasteiger partial charge on any atom is -0.462 e. The van der Waals surface area contributed by atoms with Crippen LogP contribution in [0, 0.1) is 5.82 Å². The molecule has 5 heterocycles. The molecule has 1 amide bonds. The summed E-state index contributed by atoms with van der Waals surface area (Å²) in [6.07, 6.45) is 5.35. The number of hydrogen-bond donors (Lipinski definition) is 1. The third kappa shape index (κ3) is 5.30. The number of halogens is 2. The average Bonchev–Trinajstić information content (AvgIpc) is 3.63. The quantitative estimate of drug-likeness (QED) is 0.303. The molecule has 220 valence electrons. The number of carbonyl (C=O) groups is 1. The van der Waals surface area contributed by atoms with E-state index in [2.05, 4.69) is 31.6 Å². The van der Waals surface area contributed by atoms with E-state index in [0.29, 0.717) is 60.4 Å². The van der Waals surface area contributed by atoms with Crippen molar-refractivity contribution in [3.05, 3.63) is 48.0 Å². The van der Waals surface area contributed by atoms with Gasteiger partial charge in [0.25, 0.3) is 0 Å². The number of ether oxygens (including phenoxy) is 3. The second-order valence-corrected chi connectivity index (χ2v) is 10.7. The zero-order valence-corrected chi connectivity index (χ0v) is 24.0. The van der Waals surface area contributed by atoms with Crippen LogP contribution in [0.25, 0.3) is 21.8 Å². The molecule has 0 spiro atoms. The van der Waals surface area contributed by atoms with Crippen molar-refractivity contribution in [2.75, 3.05) is 58.4 Å². The fraction of sp³-hybridized carbons (Fsp3) is 0.393. The lowest BCUT2D eigenvalue weighted by atomic mass is 10.2. The monoisotopic (exact) mass is 596 g/mol. The van der Waals surface area contributed by atoms with Gasteiger partial charge in [0.05, 0.1) is 28.6 Å². The molecule has 2 aliphatic heterocycles. The second-order valence-electron chi connectivity index (χ2n) is 10.3. The van der Waals surface area contributed by atoms with E-state index in [0.717, 1.165) is 13.0 Å². The summed E-state index contributed by atoms with van der Waals surface area (Å²) in [5, 5.41) is 7.67. The van der Waals surface area contributed by atoms with Gasteiger partial charge in [-0.3, -0.25) is 14.8 Å². The van der Waals surface area contributed by atoms with Gasteiger partial charge in [-0.1, -0.05) is 18.2 Å².